The summed E-state index contributed by atoms with van der Waals surface area (Å²) in [5, 5.41) is 4.99. The number of aromatic nitrogens is 2. The second-order valence-electron chi connectivity index (χ2n) is 3.94. The minimum Gasteiger partial charge on any atom is -0.347 e. The van der Waals surface area contributed by atoms with Gasteiger partial charge in [-0.1, -0.05) is 13.8 Å². The summed E-state index contributed by atoms with van der Waals surface area (Å²) in [7, 11) is 0. The lowest BCUT2D eigenvalue weighted by atomic mass is 10.2. The fourth-order valence-corrected chi connectivity index (χ4v) is 1.11. The molecule has 0 atom stereocenters. The van der Waals surface area contributed by atoms with Crippen molar-refractivity contribution in [2.75, 3.05) is 11.9 Å². The summed E-state index contributed by atoms with van der Waals surface area (Å²) in [5.41, 5.74) is 0.518. The van der Waals surface area contributed by atoms with Crippen LogP contribution in [0.25, 0.3) is 0 Å². The quantitative estimate of drug-likeness (QED) is 0.805. The molecule has 2 N–H and O–H groups in total. The monoisotopic (exact) mass is 236 g/mol. The van der Waals surface area contributed by atoms with Crippen LogP contribution in [0, 0.1) is 0 Å². The number of carbonyl (C=O) groups excluding carboxylic acids is 2. The van der Waals surface area contributed by atoms with Gasteiger partial charge in [0.25, 0.3) is 0 Å². The second kappa shape index (κ2) is 5.93. The van der Waals surface area contributed by atoms with Crippen LogP contribution in [0.4, 0.5) is 5.69 Å². The van der Waals surface area contributed by atoms with E-state index in [4.69, 9.17) is 0 Å². The number of anilines is 1. The molecular weight excluding hydrogens is 220 g/mol. The zero-order chi connectivity index (χ0) is 12.8. The summed E-state index contributed by atoms with van der Waals surface area (Å²) in [6.45, 7) is 5.28. The molecule has 2 amide bonds. The molecule has 1 heterocycles. The maximum atomic E-state index is 11.4. The molecule has 1 aromatic heterocycles. The van der Waals surface area contributed by atoms with Gasteiger partial charge in [-0.05, 0) is 0 Å². The topological polar surface area (TPSA) is 84.0 Å². The molecule has 0 unspecified atom stereocenters. The third kappa shape index (κ3) is 4.58. The van der Waals surface area contributed by atoms with Gasteiger partial charge in [-0.15, -0.1) is 0 Å². The summed E-state index contributed by atoms with van der Waals surface area (Å²) < 4.78 is 0. The standard InChI is InChI=1S/C11H16N4O2/c1-7(2)11-13-4-9(5-14-11)15-10(17)6-12-8(3)16/h4-5,7H,6H2,1-3H3,(H,12,16)(H,15,17). The molecule has 6 heteroatoms. The predicted octanol–water partition coefficient (Wildman–Crippen LogP) is 0.675. The van der Waals surface area contributed by atoms with Crippen molar-refractivity contribution in [3.8, 4) is 0 Å². The summed E-state index contributed by atoms with van der Waals surface area (Å²) in [4.78, 5) is 30.2. The van der Waals surface area contributed by atoms with E-state index in [0.29, 0.717) is 5.69 Å². The van der Waals surface area contributed by atoms with Crippen molar-refractivity contribution in [1.82, 2.24) is 15.3 Å². The highest BCUT2D eigenvalue weighted by Crippen LogP contribution is 2.09. The Balaban J connectivity index is 2.51. The van der Waals surface area contributed by atoms with Gasteiger partial charge in [-0.25, -0.2) is 9.97 Å². The number of hydrogen-bond acceptors (Lipinski definition) is 4. The van der Waals surface area contributed by atoms with E-state index in [1.54, 1.807) is 12.4 Å². The number of amides is 2. The molecule has 0 aliphatic carbocycles. The third-order valence-corrected chi connectivity index (χ3v) is 1.97. The van der Waals surface area contributed by atoms with Crippen LogP contribution in [-0.2, 0) is 9.59 Å². The van der Waals surface area contributed by atoms with Crippen LogP contribution in [-0.4, -0.2) is 28.3 Å². The third-order valence-electron chi connectivity index (χ3n) is 1.97. The van der Waals surface area contributed by atoms with Crippen LogP contribution in [0.1, 0.15) is 32.5 Å². The SMILES string of the molecule is CC(=O)NCC(=O)Nc1cnc(C(C)C)nc1. The Morgan fingerprint density at radius 1 is 1.29 bits per heavy atom. The Morgan fingerprint density at radius 2 is 1.88 bits per heavy atom. The molecule has 1 aromatic rings. The molecule has 0 bridgehead atoms. The molecule has 0 saturated heterocycles. The van der Waals surface area contributed by atoms with Crippen LogP contribution < -0.4 is 10.6 Å². The van der Waals surface area contributed by atoms with Crippen LogP contribution >= 0.6 is 0 Å². The first kappa shape index (κ1) is 13.1. The van der Waals surface area contributed by atoms with Gasteiger partial charge < -0.3 is 10.6 Å². The summed E-state index contributed by atoms with van der Waals surface area (Å²) >= 11 is 0. The van der Waals surface area contributed by atoms with Crippen LogP contribution in [0.5, 0.6) is 0 Å². The minimum atomic E-state index is -0.305. The number of hydrogen-bond donors (Lipinski definition) is 2. The lowest BCUT2D eigenvalue weighted by Crippen LogP contribution is -2.31. The lowest BCUT2D eigenvalue weighted by molar-refractivity contribution is -0.122. The van der Waals surface area contributed by atoms with Crippen molar-refractivity contribution < 1.29 is 9.59 Å². The highest BCUT2D eigenvalue weighted by atomic mass is 16.2. The van der Waals surface area contributed by atoms with Gasteiger partial charge in [-0.2, -0.15) is 0 Å². The van der Waals surface area contributed by atoms with Gasteiger partial charge in [0.2, 0.25) is 11.8 Å². The highest BCUT2D eigenvalue weighted by molar-refractivity contribution is 5.93. The molecule has 0 aromatic carbocycles. The van der Waals surface area contributed by atoms with Crippen molar-refractivity contribution >= 4 is 17.5 Å². The van der Waals surface area contributed by atoms with Crippen molar-refractivity contribution in [3.63, 3.8) is 0 Å². The molecule has 0 radical (unpaired) electrons. The Kier molecular flexibility index (Phi) is 4.56. The van der Waals surface area contributed by atoms with Crippen LogP contribution in [0.15, 0.2) is 12.4 Å². The van der Waals surface area contributed by atoms with Crippen molar-refractivity contribution in [2.24, 2.45) is 0 Å². The van der Waals surface area contributed by atoms with Crippen LogP contribution in [0.3, 0.4) is 0 Å². The van der Waals surface area contributed by atoms with Gasteiger partial charge in [0, 0.05) is 12.8 Å². The van der Waals surface area contributed by atoms with Gasteiger partial charge in [0.05, 0.1) is 24.6 Å². The molecule has 0 aliphatic heterocycles. The number of nitrogens with zero attached hydrogens (tertiary/aromatic N) is 2. The van der Waals surface area contributed by atoms with E-state index in [2.05, 4.69) is 20.6 Å². The van der Waals surface area contributed by atoms with Crippen molar-refractivity contribution in [3.05, 3.63) is 18.2 Å². The van der Waals surface area contributed by atoms with Crippen LogP contribution in [0.2, 0.25) is 0 Å². The first-order valence-electron chi connectivity index (χ1n) is 5.35. The molecule has 17 heavy (non-hydrogen) atoms. The second-order valence-corrected chi connectivity index (χ2v) is 3.94. The van der Waals surface area contributed by atoms with E-state index in [1.807, 2.05) is 13.8 Å². The smallest absolute Gasteiger partial charge is 0.243 e. The molecule has 0 fully saturated rings. The Morgan fingerprint density at radius 3 is 2.35 bits per heavy atom. The fraction of sp³-hybridized carbons (Fsp3) is 0.455. The Hall–Kier alpha value is -1.98. The average Bonchev–Trinajstić information content (AvgIpc) is 2.27. The lowest BCUT2D eigenvalue weighted by Gasteiger charge is -2.06. The van der Waals surface area contributed by atoms with Crippen molar-refractivity contribution in [2.45, 2.75) is 26.7 Å². The summed E-state index contributed by atoms with van der Waals surface area (Å²) in [6, 6.07) is 0. The summed E-state index contributed by atoms with van der Waals surface area (Å²) in [5.74, 6) is 0.427. The van der Waals surface area contributed by atoms with E-state index in [0.717, 1.165) is 5.82 Å². The van der Waals surface area contributed by atoms with Gasteiger partial charge in [-0.3, -0.25) is 9.59 Å². The highest BCUT2D eigenvalue weighted by Gasteiger charge is 2.05. The van der Waals surface area contributed by atoms with Gasteiger partial charge in [0.1, 0.15) is 5.82 Å². The Labute approximate surface area is 99.8 Å². The van der Waals surface area contributed by atoms with E-state index in [-0.39, 0.29) is 24.3 Å². The normalized spacial score (nSPS) is 10.1. The zero-order valence-electron chi connectivity index (χ0n) is 10.2. The van der Waals surface area contributed by atoms with Crippen molar-refractivity contribution in [1.29, 1.82) is 0 Å². The fourth-order valence-electron chi connectivity index (χ4n) is 1.11. The Bertz CT molecular complexity index is 400. The first-order valence-corrected chi connectivity index (χ1v) is 5.35. The maximum Gasteiger partial charge on any atom is 0.243 e. The minimum absolute atomic E-state index is 0.0543. The molecule has 1 rings (SSSR count). The molecule has 92 valence electrons. The first-order chi connectivity index (χ1) is 7.99. The number of carbonyl (C=O) groups is 2. The molecule has 0 aliphatic rings. The largest absolute Gasteiger partial charge is 0.347 e. The average molecular weight is 236 g/mol. The maximum absolute atomic E-state index is 11.4. The summed E-state index contributed by atoms with van der Waals surface area (Å²) in [6.07, 6.45) is 3.10. The zero-order valence-corrected chi connectivity index (χ0v) is 10.2. The predicted molar refractivity (Wildman–Crippen MR) is 63.4 cm³/mol. The number of rotatable bonds is 4. The van der Waals surface area contributed by atoms with E-state index >= 15 is 0 Å². The molecular formula is C11H16N4O2. The molecule has 0 saturated carbocycles. The van der Waals surface area contributed by atoms with E-state index in [1.165, 1.54) is 6.92 Å². The van der Waals surface area contributed by atoms with E-state index in [9.17, 15) is 9.59 Å². The molecule has 0 spiro atoms. The van der Waals surface area contributed by atoms with Gasteiger partial charge in [0.15, 0.2) is 0 Å². The molecule has 6 nitrogen and oxygen atoms in total. The number of nitrogens with one attached hydrogen (secondary N) is 2. The van der Waals surface area contributed by atoms with Gasteiger partial charge >= 0.3 is 0 Å². The van der Waals surface area contributed by atoms with E-state index < -0.39 is 0 Å².